The second-order valence-electron chi connectivity index (χ2n) is 5.88. The lowest BCUT2D eigenvalue weighted by Crippen LogP contribution is -2.63. The van der Waals surface area contributed by atoms with Gasteiger partial charge < -0.3 is 20.2 Å². The molecule has 1 saturated heterocycles. The molecule has 0 spiro atoms. The van der Waals surface area contributed by atoms with Crippen molar-refractivity contribution < 1.29 is 14.7 Å². The van der Waals surface area contributed by atoms with Crippen LogP contribution in [0.1, 0.15) is 32.1 Å². The topological polar surface area (TPSA) is 72.9 Å². The van der Waals surface area contributed by atoms with Gasteiger partial charge in [0.1, 0.15) is 5.54 Å². The lowest BCUT2D eigenvalue weighted by molar-refractivity contribution is -0.148. The summed E-state index contributed by atoms with van der Waals surface area (Å²) in [7, 11) is 4.02. The van der Waals surface area contributed by atoms with Crippen LogP contribution in [-0.4, -0.2) is 65.7 Å². The first kappa shape index (κ1) is 14.1. The molecule has 0 aromatic heterocycles. The zero-order valence-electron chi connectivity index (χ0n) is 11.7. The Labute approximate surface area is 113 Å². The smallest absolute Gasteiger partial charge is 0.329 e. The molecule has 6 nitrogen and oxygen atoms in total. The Bertz CT molecular complexity index is 366. The summed E-state index contributed by atoms with van der Waals surface area (Å²) in [5.41, 5.74) is -1.01. The van der Waals surface area contributed by atoms with Gasteiger partial charge in [-0.1, -0.05) is 0 Å². The van der Waals surface area contributed by atoms with Gasteiger partial charge in [-0.25, -0.2) is 9.59 Å². The maximum absolute atomic E-state index is 12.2. The predicted octanol–water partition coefficient (Wildman–Crippen LogP) is 0.729. The van der Waals surface area contributed by atoms with E-state index in [-0.39, 0.29) is 6.03 Å². The summed E-state index contributed by atoms with van der Waals surface area (Å²) in [6, 6.07) is 0.135. The molecule has 19 heavy (non-hydrogen) atoms. The molecule has 2 fully saturated rings. The summed E-state index contributed by atoms with van der Waals surface area (Å²) in [6.45, 7) is 1.39. The van der Waals surface area contributed by atoms with Gasteiger partial charge in [-0.05, 0) is 46.2 Å². The third-order valence-electron chi connectivity index (χ3n) is 4.38. The van der Waals surface area contributed by atoms with Crippen molar-refractivity contribution in [2.75, 3.05) is 27.2 Å². The van der Waals surface area contributed by atoms with Crippen molar-refractivity contribution in [2.45, 2.75) is 43.7 Å². The first-order valence-corrected chi connectivity index (χ1v) is 6.91. The van der Waals surface area contributed by atoms with E-state index >= 15 is 0 Å². The molecule has 2 N–H and O–H groups in total. The van der Waals surface area contributed by atoms with E-state index < -0.39 is 11.5 Å². The number of hydrogen-bond donors (Lipinski definition) is 2. The summed E-state index contributed by atoms with van der Waals surface area (Å²) in [5, 5.41) is 12.0. The number of likely N-dealkylation sites (tertiary alicyclic amines) is 1. The number of carboxylic acid groups (broad SMARTS) is 1. The van der Waals surface area contributed by atoms with Gasteiger partial charge in [0.25, 0.3) is 0 Å². The number of rotatable bonds is 3. The molecule has 1 aliphatic carbocycles. The number of amides is 2. The van der Waals surface area contributed by atoms with Crippen molar-refractivity contribution in [3.63, 3.8) is 0 Å². The van der Waals surface area contributed by atoms with E-state index in [1.807, 2.05) is 14.1 Å². The number of carboxylic acids is 1. The Balaban J connectivity index is 1.94. The van der Waals surface area contributed by atoms with E-state index in [1.54, 1.807) is 4.90 Å². The van der Waals surface area contributed by atoms with Crippen LogP contribution in [0.3, 0.4) is 0 Å². The van der Waals surface area contributed by atoms with Gasteiger partial charge in [-0.15, -0.1) is 0 Å². The van der Waals surface area contributed by atoms with E-state index in [1.165, 1.54) is 0 Å². The van der Waals surface area contributed by atoms with Crippen LogP contribution >= 0.6 is 0 Å². The number of nitrogens with zero attached hydrogens (tertiary/aromatic N) is 2. The number of piperidine rings is 1. The normalized spacial score (nSPS) is 25.8. The van der Waals surface area contributed by atoms with Gasteiger partial charge in [0.15, 0.2) is 0 Å². The van der Waals surface area contributed by atoms with Crippen LogP contribution in [0.25, 0.3) is 0 Å². The molecule has 2 rings (SSSR count). The fourth-order valence-corrected chi connectivity index (χ4v) is 2.77. The molecule has 0 bridgehead atoms. The summed E-state index contributed by atoms with van der Waals surface area (Å²) >= 11 is 0. The molecule has 1 heterocycles. The molecule has 1 unspecified atom stereocenters. The average Bonchev–Trinajstić information content (AvgIpc) is 2.33. The Kier molecular flexibility index (Phi) is 3.99. The predicted molar refractivity (Wildman–Crippen MR) is 71.0 cm³/mol. The van der Waals surface area contributed by atoms with Gasteiger partial charge in [0.05, 0.1) is 0 Å². The Morgan fingerprint density at radius 3 is 2.47 bits per heavy atom. The molecule has 1 aliphatic heterocycles. The van der Waals surface area contributed by atoms with Crippen LogP contribution < -0.4 is 5.32 Å². The third-order valence-corrected chi connectivity index (χ3v) is 4.38. The van der Waals surface area contributed by atoms with E-state index in [0.29, 0.717) is 32.0 Å². The fraction of sp³-hybridized carbons (Fsp3) is 0.846. The molecule has 2 amide bonds. The average molecular weight is 269 g/mol. The highest BCUT2D eigenvalue weighted by Crippen LogP contribution is 2.32. The first-order valence-electron chi connectivity index (χ1n) is 6.91. The maximum Gasteiger partial charge on any atom is 0.329 e. The van der Waals surface area contributed by atoms with E-state index in [4.69, 9.17) is 0 Å². The van der Waals surface area contributed by atoms with Crippen molar-refractivity contribution in [1.82, 2.24) is 15.1 Å². The van der Waals surface area contributed by atoms with Gasteiger partial charge in [-0.2, -0.15) is 0 Å². The summed E-state index contributed by atoms with van der Waals surface area (Å²) in [4.78, 5) is 27.3. The lowest BCUT2D eigenvalue weighted by Gasteiger charge is -2.42. The SMILES string of the molecule is CN(C)C1CCCN(C(=O)NC2(C(=O)O)CCC2)C1. The largest absolute Gasteiger partial charge is 0.480 e. The summed E-state index contributed by atoms with van der Waals surface area (Å²) in [6.07, 6.45) is 4.00. The highest BCUT2D eigenvalue weighted by Gasteiger charge is 2.46. The Hall–Kier alpha value is -1.30. The number of carbonyl (C=O) groups is 2. The first-order chi connectivity index (χ1) is 8.94. The number of likely N-dealkylation sites (N-methyl/N-ethyl adjacent to an activating group) is 1. The Morgan fingerprint density at radius 1 is 1.32 bits per heavy atom. The maximum atomic E-state index is 12.2. The second kappa shape index (κ2) is 5.36. The molecule has 1 atom stereocenters. The molecule has 2 aliphatic rings. The number of urea groups is 1. The lowest BCUT2D eigenvalue weighted by atomic mass is 9.77. The van der Waals surface area contributed by atoms with Gasteiger partial charge in [-0.3, -0.25) is 0 Å². The fourth-order valence-electron chi connectivity index (χ4n) is 2.77. The molecule has 6 heteroatoms. The minimum Gasteiger partial charge on any atom is -0.480 e. The Morgan fingerprint density at radius 2 is 2.00 bits per heavy atom. The second-order valence-corrected chi connectivity index (χ2v) is 5.88. The number of carbonyl (C=O) groups excluding carboxylic acids is 1. The van der Waals surface area contributed by atoms with Crippen molar-refractivity contribution in [2.24, 2.45) is 0 Å². The van der Waals surface area contributed by atoms with E-state index in [0.717, 1.165) is 19.3 Å². The van der Waals surface area contributed by atoms with Crippen LogP contribution in [0.2, 0.25) is 0 Å². The highest BCUT2D eigenvalue weighted by molar-refractivity contribution is 5.87. The van der Waals surface area contributed by atoms with Crippen molar-refractivity contribution in [3.8, 4) is 0 Å². The monoisotopic (exact) mass is 269 g/mol. The zero-order chi connectivity index (χ0) is 14.0. The summed E-state index contributed by atoms with van der Waals surface area (Å²) in [5.74, 6) is -0.909. The van der Waals surface area contributed by atoms with E-state index in [9.17, 15) is 14.7 Å². The quantitative estimate of drug-likeness (QED) is 0.792. The third kappa shape index (κ3) is 2.83. The van der Waals surface area contributed by atoms with Crippen LogP contribution in [0, 0.1) is 0 Å². The minimum absolute atomic E-state index is 0.228. The van der Waals surface area contributed by atoms with Crippen molar-refractivity contribution >= 4 is 12.0 Å². The van der Waals surface area contributed by atoms with Crippen LogP contribution in [-0.2, 0) is 4.79 Å². The number of aliphatic carboxylic acids is 1. The number of hydrogen-bond acceptors (Lipinski definition) is 3. The van der Waals surface area contributed by atoms with Gasteiger partial charge in [0.2, 0.25) is 0 Å². The van der Waals surface area contributed by atoms with Gasteiger partial charge >= 0.3 is 12.0 Å². The van der Waals surface area contributed by atoms with Crippen molar-refractivity contribution in [3.05, 3.63) is 0 Å². The molecule has 0 aromatic carbocycles. The van der Waals surface area contributed by atoms with Crippen LogP contribution in [0.4, 0.5) is 4.79 Å². The molecule has 0 aromatic rings. The minimum atomic E-state index is -1.01. The number of nitrogens with one attached hydrogen (secondary N) is 1. The van der Waals surface area contributed by atoms with Gasteiger partial charge in [0, 0.05) is 19.1 Å². The van der Waals surface area contributed by atoms with Crippen LogP contribution in [0.5, 0.6) is 0 Å². The molecule has 1 saturated carbocycles. The van der Waals surface area contributed by atoms with E-state index in [2.05, 4.69) is 10.2 Å². The van der Waals surface area contributed by atoms with Crippen LogP contribution in [0.15, 0.2) is 0 Å². The molecule has 108 valence electrons. The van der Waals surface area contributed by atoms with Crippen molar-refractivity contribution in [1.29, 1.82) is 0 Å². The standard InChI is InChI=1S/C13H23N3O3/c1-15(2)10-5-3-8-16(9-10)12(19)14-13(11(17)18)6-4-7-13/h10H,3-9H2,1-2H3,(H,14,19)(H,17,18). The zero-order valence-corrected chi connectivity index (χ0v) is 11.7. The highest BCUT2D eigenvalue weighted by atomic mass is 16.4. The molecular formula is C13H23N3O3. The molecule has 0 radical (unpaired) electrons. The molecular weight excluding hydrogens is 246 g/mol. The summed E-state index contributed by atoms with van der Waals surface area (Å²) < 4.78 is 0.